The third-order valence-corrected chi connectivity index (χ3v) is 4.69. The summed E-state index contributed by atoms with van der Waals surface area (Å²) >= 11 is 0. The highest BCUT2D eigenvalue weighted by Gasteiger charge is 2.42. The van der Waals surface area contributed by atoms with E-state index in [-0.39, 0.29) is 24.0 Å². The number of fused-ring (bicyclic) bond motifs is 1. The average Bonchev–Trinajstić information content (AvgIpc) is 2.20. The van der Waals surface area contributed by atoms with Crippen LogP contribution in [0.25, 0.3) is 0 Å². The number of hydrogen-bond donors (Lipinski definition) is 2. The standard InChI is InChI=1S/C14H24O2/c1-10-4-3-6-14(2)9-13(16)11(5-7-15)8-12(10)14/h11,13,15-16H,3-9H2,1-2H3. The maximum atomic E-state index is 10.2. The molecule has 2 rings (SSSR count). The van der Waals surface area contributed by atoms with Crippen LogP contribution in [0.3, 0.4) is 0 Å². The van der Waals surface area contributed by atoms with E-state index in [0.29, 0.717) is 0 Å². The molecule has 3 atom stereocenters. The van der Waals surface area contributed by atoms with E-state index in [9.17, 15) is 5.11 Å². The van der Waals surface area contributed by atoms with Crippen molar-refractivity contribution >= 4 is 0 Å². The highest BCUT2D eigenvalue weighted by atomic mass is 16.3. The van der Waals surface area contributed by atoms with Crippen molar-refractivity contribution in [2.75, 3.05) is 6.61 Å². The van der Waals surface area contributed by atoms with Crippen LogP contribution in [0.4, 0.5) is 0 Å². The summed E-state index contributed by atoms with van der Waals surface area (Å²) in [6.45, 7) is 4.76. The SMILES string of the molecule is CC1=C2CC(CCO)C(O)CC2(C)CCC1. The van der Waals surface area contributed by atoms with Gasteiger partial charge in [-0.1, -0.05) is 18.1 Å². The van der Waals surface area contributed by atoms with Crippen molar-refractivity contribution in [3.8, 4) is 0 Å². The molecule has 0 heterocycles. The third kappa shape index (κ3) is 2.05. The van der Waals surface area contributed by atoms with E-state index in [0.717, 1.165) is 19.3 Å². The molecular weight excluding hydrogens is 200 g/mol. The topological polar surface area (TPSA) is 40.5 Å². The van der Waals surface area contributed by atoms with Crippen molar-refractivity contribution in [2.45, 2.75) is 58.5 Å². The second kappa shape index (κ2) is 4.50. The van der Waals surface area contributed by atoms with Crippen molar-refractivity contribution in [3.05, 3.63) is 11.1 Å². The van der Waals surface area contributed by atoms with Crippen molar-refractivity contribution < 1.29 is 10.2 Å². The van der Waals surface area contributed by atoms with Crippen LogP contribution in [0.15, 0.2) is 11.1 Å². The molecule has 1 fully saturated rings. The Morgan fingerprint density at radius 1 is 1.44 bits per heavy atom. The van der Waals surface area contributed by atoms with Gasteiger partial charge in [0.1, 0.15) is 0 Å². The van der Waals surface area contributed by atoms with Gasteiger partial charge in [0.2, 0.25) is 0 Å². The first-order valence-electron chi connectivity index (χ1n) is 6.55. The van der Waals surface area contributed by atoms with E-state index in [1.807, 2.05) is 0 Å². The fourth-order valence-corrected chi connectivity index (χ4v) is 3.69. The lowest BCUT2D eigenvalue weighted by Gasteiger charge is -2.46. The molecule has 16 heavy (non-hydrogen) atoms. The summed E-state index contributed by atoms with van der Waals surface area (Å²) in [5, 5.41) is 19.2. The van der Waals surface area contributed by atoms with Gasteiger partial charge in [0.05, 0.1) is 6.10 Å². The molecule has 0 bridgehead atoms. The Kier molecular flexibility index (Phi) is 3.41. The molecule has 3 unspecified atom stereocenters. The van der Waals surface area contributed by atoms with Gasteiger partial charge in [-0.05, 0) is 56.8 Å². The van der Waals surface area contributed by atoms with Crippen LogP contribution in [0.2, 0.25) is 0 Å². The minimum absolute atomic E-state index is 0.199. The van der Waals surface area contributed by atoms with Gasteiger partial charge < -0.3 is 10.2 Å². The minimum atomic E-state index is -0.216. The molecular formula is C14H24O2. The van der Waals surface area contributed by atoms with Crippen molar-refractivity contribution in [1.82, 2.24) is 0 Å². The number of aliphatic hydroxyl groups excluding tert-OH is 2. The quantitative estimate of drug-likeness (QED) is 0.708. The van der Waals surface area contributed by atoms with E-state index in [1.54, 1.807) is 11.1 Å². The second-order valence-corrected chi connectivity index (χ2v) is 5.92. The summed E-state index contributed by atoms with van der Waals surface area (Å²) in [4.78, 5) is 0. The van der Waals surface area contributed by atoms with Crippen molar-refractivity contribution in [3.63, 3.8) is 0 Å². The zero-order valence-electron chi connectivity index (χ0n) is 10.5. The molecule has 0 saturated heterocycles. The lowest BCUT2D eigenvalue weighted by Crippen LogP contribution is -2.39. The van der Waals surface area contributed by atoms with Crippen molar-refractivity contribution in [1.29, 1.82) is 0 Å². The molecule has 0 aromatic carbocycles. The smallest absolute Gasteiger partial charge is 0.0580 e. The molecule has 2 nitrogen and oxygen atoms in total. The normalized spacial score (nSPS) is 39.8. The monoisotopic (exact) mass is 224 g/mol. The Bertz CT molecular complexity index is 295. The van der Waals surface area contributed by atoms with Gasteiger partial charge in [0.15, 0.2) is 0 Å². The minimum Gasteiger partial charge on any atom is -0.396 e. The van der Waals surface area contributed by atoms with Crippen molar-refractivity contribution in [2.24, 2.45) is 11.3 Å². The second-order valence-electron chi connectivity index (χ2n) is 5.92. The van der Waals surface area contributed by atoms with Crippen LogP contribution in [-0.4, -0.2) is 22.9 Å². The first-order chi connectivity index (χ1) is 7.57. The van der Waals surface area contributed by atoms with Gasteiger partial charge >= 0.3 is 0 Å². The Hall–Kier alpha value is -0.340. The molecule has 1 saturated carbocycles. The maximum Gasteiger partial charge on any atom is 0.0580 e. The van der Waals surface area contributed by atoms with Gasteiger partial charge in [-0.15, -0.1) is 0 Å². The molecule has 92 valence electrons. The Morgan fingerprint density at radius 2 is 2.19 bits per heavy atom. The average molecular weight is 224 g/mol. The molecule has 0 aliphatic heterocycles. The summed E-state index contributed by atoms with van der Waals surface area (Å²) in [5.74, 6) is 0.279. The number of aliphatic hydroxyl groups is 2. The predicted octanol–water partition coefficient (Wildman–Crippen LogP) is 2.65. The zero-order chi connectivity index (χ0) is 11.8. The summed E-state index contributed by atoms with van der Waals surface area (Å²) in [7, 11) is 0. The number of hydrogen-bond acceptors (Lipinski definition) is 2. The summed E-state index contributed by atoms with van der Waals surface area (Å²) in [6.07, 6.45) is 6.15. The summed E-state index contributed by atoms with van der Waals surface area (Å²) in [6, 6.07) is 0. The van der Waals surface area contributed by atoms with Crippen LogP contribution < -0.4 is 0 Å². The highest BCUT2D eigenvalue weighted by Crippen LogP contribution is 2.51. The molecule has 2 heteroatoms. The van der Waals surface area contributed by atoms with Gasteiger partial charge in [-0.25, -0.2) is 0 Å². The highest BCUT2D eigenvalue weighted by molar-refractivity contribution is 5.26. The first-order valence-corrected chi connectivity index (χ1v) is 6.55. The van der Waals surface area contributed by atoms with E-state index in [2.05, 4.69) is 13.8 Å². The lowest BCUT2D eigenvalue weighted by molar-refractivity contribution is 0.0213. The maximum absolute atomic E-state index is 10.2. The van der Waals surface area contributed by atoms with Crippen LogP contribution in [0, 0.1) is 11.3 Å². The van der Waals surface area contributed by atoms with Gasteiger partial charge in [-0.2, -0.15) is 0 Å². The van der Waals surface area contributed by atoms with Crippen LogP contribution in [-0.2, 0) is 0 Å². The molecule has 0 aromatic rings. The van der Waals surface area contributed by atoms with E-state index < -0.39 is 0 Å². The van der Waals surface area contributed by atoms with E-state index in [4.69, 9.17) is 5.11 Å². The molecule has 0 aromatic heterocycles. The predicted molar refractivity (Wildman–Crippen MR) is 65.1 cm³/mol. The third-order valence-electron chi connectivity index (χ3n) is 4.69. The molecule has 2 aliphatic carbocycles. The fraction of sp³-hybridized carbons (Fsp3) is 0.857. The van der Waals surface area contributed by atoms with Gasteiger partial charge in [0.25, 0.3) is 0 Å². The molecule has 0 amide bonds. The summed E-state index contributed by atoms with van der Waals surface area (Å²) in [5.41, 5.74) is 3.37. The molecule has 0 spiro atoms. The Balaban J connectivity index is 2.22. The van der Waals surface area contributed by atoms with Crippen LogP contribution >= 0.6 is 0 Å². The number of allylic oxidation sites excluding steroid dienone is 2. The molecule has 2 aliphatic rings. The molecule has 2 N–H and O–H groups in total. The Morgan fingerprint density at radius 3 is 2.88 bits per heavy atom. The van der Waals surface area contributed by atoms with E-state index >= 15 is 0 Å². The van der Waals surface area contributed by atoms with Gasteiger partial charge in [0, 0.05) is 6.61 Å². The fourth-order valence-electron chi connectivity index (χ4n) is 3.69. The van der Waals surface area contributed by atoms with Gasteiger partial charge in [-0.3, -0.25) is 0 Å². The van der Waals surface area contributed by atoms with E-state index in [1.165, 1.54) is 19.3 Å². The largest absolute Gasteiger partial charge is 0.396 e. The van der Waals surface area contributed by atoms with Crippen LogP contribution in [0.5, 0.6) is 0 Å². The van der Waals surface area contributed by atoms with Crippen LogP contribution in [0.1, 0.15) is 52.4 Å². The summed E-state index contributed by atoms with van der Waals surface area (Å²) < 4.78 is 0. The Labute approximate surface area is 98.4 Å². The zero-order valence-corrected chi connectivity index (χ0v) is 10.5. The number of rotatable bonds is 2. The lowest BCUT2D eigenvalue weighted by atomic mass is 9.60. The first kappa shape index (κ1) is 12.1. The molecule has 0 radical (unpaired) electrons.